The van der Waals surface area contributed by atoms with Gasteiger partial charge in [0.25, 0.3) is 5.91 Å². The number of amides is 1. The number of aromatic nitrogens is 3. The first-order chi connectivity index (χ1) is 14.9. The van der Waals surface area contributed by atoms with Gasteiger partial charge in [-0.1, -0.05) is 0 Å². The number of aryl methyl sites for hydroxylation is 2. The fraction of sp³-hybridized carbons (Fsp3) is 0.182. The molecule has 0 atom stereocenters. The summed E-state index contributed by atoms with van der Waals surface area (Å²) in [5.41, 5.74) is 4.95. The van der Waals surface area contributed by atoms with Crippen LogP contribution >= 0.6 is 0 Å². The second-order valence-corrected chi connectivity index (χ2v) is 7.09. The summed E-state index contributed by atoms with van der Waals surface area (Å²) in [6.45, 7) is 6.25. The number of carbonyl (C=O) groups excluding carboxylic acids is 1. The van der Waals surface area contributed by atoms with E-state index in [0.29, 0.717) is 35.0 Å². The van der Waals surface area contributed by atoms with Crippen LogP contribution in [0.1, 0.15) is 28.4 Å². The Morgan fingerprint density at radius 3 is 2.61 bits per heavy atom. The Morgan fingerprint density at radius 2 is 1.84 bits per heavy atom. The molecule has 4 N–H and O–H groups in total. The van der Waals surface area contributed by atoms with Crippen LogP contribution in [0.4, 0.5) is 23.1 Å². The van der Waals surface area contributed by atoms with E-state index in [0.717, 1.165) is 22.5 Å². The summed E-state index contributed by atoms with van der Waals surface area (Å²) in [6.07, 6.45) is 1.71. The van der Waals surface area contributed by atoms with Gasteiger partial charge >= 0.3 is 5.76 Å². The number of hydrogen-bond acceptors (Lipinski definition) is 7. The first kappa shape index (κ1) is 20.1. The normalized spacial score (nSPS) is 10.8. The van der Waals surface area contributed by atoms with Gasteiger partial charge in [-0.05, 0) is 62.7 Å². The summed E-state index contributed by atoms with van der Waals surface area (Å²) in [4.78, 5) is 35.0. The van der Waals surface area contributed by atoms with Crippen LogP contribution in [0.15, 0.2) is 51.8 Å². The van der Waals surface area contributed by atoms with Gasteiger partial charge in [0.1, 0.15) is 5.82 Å². The molecule has 4 aromatic rings. The maximum absolute atomic E-state index is 12.1. The molecule has 0 spiro atoms. The number of nitrogens with zero attached hydrogens (tertiary/aromatic N) is 2. The predicted octanol–water partition coefficient (Wildman–Crippen LogP) is 3.76. The third-order valence-electron chi connectivity index (χ3n) is 4.72. The van der Waals surface area contributed by atoms with Gasteiger partial charge < -0.3 is 20.4 Å². The average Bonchev–Trinajstić information content (AvgIpc) is 3.10. The van der Waals surface area contributed by atoms with Crippen LogP contribution in [0, 0.1) is 13.8 Å². The molecule has 9 nitrogen and oxygen atoms in total. The van der Waals surface area contributed by atoms with Gasteiger partial charge in [0.05, 0.1) is 5.52 Å². The maximum atomic E-state index is 12.1. The summed E-state index contributed by atoms with van der Waals surface area (Å²) in [6, 6.07) is 10.8. The second kappa shape index (κ2) is 8.31. The molecule has 0 radical (unpaired) electrons. The summed E-state index contributed by atoms with van der Waals surface area (Å²) in [5.74, 6) is 0.445. The minimum Gasteiger partial charge on any atom is -0.408 e. The van der Waals surface area contributed by atoms with Crippen molar-refractivity contribution in [1.29, 1.82) is 0 Å². The Kier molecular flexibility index (Phi) is 5.40. The van der Waals surface area contributed by atoms with Gasteiger partial charge in [0, 0.05) is 35.2 Å². The lowest BCUT2D eigenvalue weighted by Crippen LogP contribution is -2.23. The lowest BCUT2D eigenvalue weighted by molar-refractivity contribution is 0.0955. The van der Waals surface area contributed by atoms with Gasteiger partial charge in [-0.3, -0.25) is 9.78 Å². The first-order valence-electron chi connectivity index (χ1n) is 9.82. The number of aromatic amines is 1. The molecule has 1 amide bonds. The van der Waals surface area contributed by atoms with Crippen molar-refractivity contribution in [3.63, 3.8) is 0 Å². The molecule has 2 heterocycles. The van der Waals surface area contributed by atoms with E-state index in [1.165, 1.54) is 0 Å². The molecule has 0 fully saturated rings. The van der Waals surface area contributed by atoms with Crippen LogP contribution in [-0.4, -0.2) is 27.4 Å². The number of benzene rings is 2. The molecule has 4 rings (SSSR count). The third-order valence-corrected chi connectivity index (χ3v) is 4.72. The van der Waals surface area contributed by atoms with Gasteiger partial charge in [-0.15, -0.1) is 0 Å². The highest BCUT2D eigenvalue weighted by Gasteiger charge is 2.10. The monoisotopic (exact) mass is 418 g/mol. The van der Waals surface area contributed by atoms with Crippen molar-refractivity contribution in [1.82, 2.24) is 20.3 Å². The van der Waals surface area contributed by atoms with E-state index in [4.69, 9.17) is 4.42 Å². The predicted molar refractivity (Wildman–Crippen MR) is 119 cm³/mol. The van der Waals surface area contributed by atoms with Crippen LogP contribution < -0.4 is 21.7 Å². The Hall–Kier alpha value is -4.14. The van der Waals surface area contributed by atoms with E-state index in [9.17, 15) is 9.59 Å². The van der Waals surface area contributed by atoms with E-state index in [1.807, 2.05) is 32.9 Å². The number of hydrogen-bond donors (Lipinski definition) is 4. The highest BCUT2D eigenvalue weighted by molar-refractivity contribution is 5.96. The number of rotatable bonds is 6. The smallest absolute Gasteiger partial charge is 0.408 e. The quantitative estimate of drug-likeness (QED) is 0.376. The molecular weight excluding hydrogens is 396 g/mol. The summed E-state index contributed by atoms with van der Waals surface area (Å²) < 4.78 is 5.03. The van der Waals surface area contributed by atoms with Crippen LogP contribution in [0.2, 0.25) is 0 Å². The zero-order valence-electron chi connectivity index (χ0n) is 17.4. The minimum absolute atomic E-state index is 0.0967. The van der Waals surface area contributed by atoms with Gasteiger partial charge in [0.2, 0.25) is 5.95 Å². The summed E-state index contributed by atoms with van der Waals surface area (Å²) in [7, 11) is 0. The summed E-state index contributed by atoms with van der Waals surface area (Å²) >= 11 is 0. The standard InChI is InChI=1S/C22H22N6O3/c1-4-23-20(29)16-7-5-14(9-12(16)2)26-21-24-11-13(3)19(28-21)25-15-6-8-18-17(10-15)27-22(30)31-18/h5-11H,4H2,1-3H3,(H,23,29)(H,27,30)(H2,24,25,26,28). The molecule has 2 aromatic heterocycles. The molecule has 158 valence electrons. The average molecular weight is 418 g/mol. The lowest BCUT2D eigenvalue weighted by Gasteiger charge is -2.12. The zero-order valence-corrected chi connectivity index (χ0v) is 17.4. The molecule has 0 unspecified atom stereocenters. The third kappa shape index (κ3) is 4.40. The fourth-order valence-corrected chi connectivity index (χ4v) is 3.18. The van der Waals surface area contributed by atoms with Crippen LogP contribution in [0.5, 0.6) is 0 Å². The first-order valence-corrected chi connectivity index (χ1v) is 9.82. The molecule has 0 saturated carbocycles. The van der Waals surface area contributed by atoms with Gasteiger partial charge in [0.15, 0.2) is 5.58 Å². The maximum Gasteiger partial charge on any atom is 0.417 e. The van der Waals surface area contributed by atoms with Crippen molar-refractivity contribution in [3.05, 3.63) is 69.8 Å². The molecule has 2 aromatic carbocycles. The van der Waals surface area contributed by atoms with Crippen molar-refractivity contribution >= 4 is 40.1 Å². The Bertz CT molecular complexity index is 1320. The van der Waals surface area contributed by atoms with E-state index in [1.54, 1.807) is 30.5 Å². The van der Waals surface area contributed by atoms with Crippen LogP contribution in [-0.2, 0) is 0 Å². The molecule has 9 heteroatoms. The van der Waals surface area contributed by atoms with E-state index in [-0.39, 0.29) is 5.91 Å². The number of anilines is 4. The van der Waals surface area contributed by atoms with E-state index < -0.39 is 5.76 Å². The fourth-order valence-electron chi connectivity index (χ4n) is 3.18. The van der Waals surface area contributed by atoms with Crippen LogP contribution in [0.3, 0.4) is 0 Å². The molecular formula is C22H22N6O3. The van der Waals surface area contributed by atoms with Gasteiger partial charge in [-0.25, -0.2) is 9.78 Å². The Morgan fingerprint density at radius 1 is 1.06 bits per heavy atom. The zero-order chi connectivity index (χ0) is 22.0. The topological polar surface area (TPSA) is 125 Å². The van der Waals surface area contributed by atoms with E-state index >= 15 is 0 Å². The number of H-pyrrole nitrogens is 1. The van der Waals surface area contributed by atoms with Crippen LogP contribution in [0.25, 0.3) is 11.1 Å². The van der Waals surface area contributed by atoms with Crippen molar-refractivity contribution in [2.75, 3.05) is 17.2 Å². The van der Waals surface area contributed by atoms with Crippen molar-refractivity contribution in [2.45, 2.75) is 20.8 Å². The lowest BCUT2D eigenvalue weighted by atomic mass is 10.1. The number of oxazole rings is 1. The molecule has 0 aliphatic rings. The number of fused-ring (bicyclic) bond motifs is 1. The summed E-state index contributed by atoms with van der Waals surface area (Å²) in [5, 5.41) is 9.22. The molecule has 0 aliphatic carbocycles. The van der Waals surface area contributed by atoms with Crippen molar-refractivity contribution in [3.8, 4) is 0 Å². The Labute approximate surface area is 177 Å². The van der Waals surface area contributed by atoms with Gasteiger partial charge in [-0.2, -0.15) is 4.98 Å². The van der Waals surface area contributed by atoms with E-state index in [2.05, 4.69) is 30.9 Å². The molecule has 0 saturated heterocycles. The molecule has 0 aliphatic heterocycles. The SMILES string of the molecule is CCNC(=O)c1ccc(Nc2ncc(C)c(Nc3ccc4oc(=O)[nH]c4c3)n2)cc1C. The number of carbonyl (C=O) groups is 1. The van der Waals surface area contributed by atoms with Crippen molar-refractivity contribution < 1.29 is 9.21 Å². The largest absolute Gasteiger partial charge is 0.417 e. The highest BCUT2D eigenvalue weighted by atomic mass is 16.4. The highest BCUT2D eigenvalue weighted by Crippen LogP contribution is 2.24. The Balaban J connectivity index is 1.55. The van der Waals surface area contributed by atoms with Crippen molar-refractivity contribution in [2.24, 2.45) is 0 Å². The number of nitrogens with one attached hydrogen (secondary N) is 4. The second-order valence-electron chi connectivity index (χ2n) is 7.09. The minimum atomic E-state index is -0.495. The molecule has 31 heavy (non-hydrogen) atoms. The molecule has 0 bridgehead atoms.